The van der Waals surface area contributed by atoms with Crippen LogP contribution in [0.1, 0.15) is 23.4 Å². The van der Waals surface area contributed by atoms with E-state index in [1.165, 1.54) is 12.5 Å². The van der Waals surface area contributed by atoms with Crippen LogP contribution in [-0.4, -0.2) is 49.0 Å². The topological polar surface area (TPSA) is 89.5 Å². The lowest BCUT2D eigenvalue weighted by Gasteiger charge is -2.34. The Hall–Kier alpha value is -3.02. The first-order valence-corrected chi connectivity index (χ1v) is 10.7. The summed E-state index contributed by atoms with van der Waals surface area (Å²) < 4.78 is 0. The molecule has 1 unspecified atom stereocenters. The van der Waals surface area contributed by atoms with Crippen LogP contribution in [-0.2, 0) is 4.79 Å². The maximum Gasteiger partial charge on any atom is 0.214 e. The predicted molar refractivity (Wildman–Crippen MR) is 122 cm³/mol. The fraction of sp³-hybridized carbons (Fsp3) is 0.318. The highest BCUT2D eigenvalue weighted by molar-refractivity contribution is 8.02. The number of anilines is 2. The normalized spacial score (nSPS) is 18.5. The van der Waals surface area contributed by atoms with Crippen molar-refractivity contribution in [3.05, 3.63) is 65.5 Å². The van der Waals surface area contributed by atoms with Gasteiger partial charge in [-0.05, 0) is 48.4 Å². The van der Waals surface area contributed by atoms with Gasteiger partial charge in [-0.25, -0.2) is 0 Å². The molecule has 0 spiro atoms. The monoisotopic (exact) mass is 422 g/mol. The number of nitrogens with two attached hydrogens (primary N) is 1. The molecule has 0 bridgehead atoms. The van der Waals surface area contributed by atoms with E-state index in [9.17, 15) is 10.1 Å². The first-order valence-electron chi connectivity index (χ1n) is 9.73. The van der Waals surface area contributed by atoms with Crippen molar-refractivity contribution >= 4 is 29.0 Å². The van der Waals surface area contributed by atoms with Gasteiger partial charge in [0.05, 0.1) is 11.3 Å². The summed E-state index contributed by atoms with van der Waals surface area (Å²) in [6.07, 6.45) is 5.68. The van der Waals surface area contributed by atoms with Crippen molar-refractivity contribution in [2.24, 2.45) is 5.73 Å². The molecular weight excluding hydrogens is 396 g/mol. The van der Waals surface area contributed by atoms with Gasteiger partial charge >= 0.3 is 0 Å². The number of primary amides is 1. The van der Waals surface area contributed by atoms with Crippen LogP contribution in [0.2, 0.25) is 0 Å². The Kier molecular flexibility index (Phi) is 7.33. The van der Waals surface area contributed by atoms with Crippen LogP contribution in [0.25, 0.3) is 0 Å². The van der Waals surface area contributed by atoms with Gasteiger partial charge in [-0.2, -0.15) is 5.26 Å². The van der Waals surface area contributed by atoms with Gasteiger partial charge in [-0.3, -0.25) is 9.78 Å². The molecule has 2 aliphatic rings. The Labute approximate surface area is 181 Å². The Morgan fingerprint density at radius 2 is 1.87 bits per heavy atom. The fourth-order valence-electron chi connectivity index (χ4n) is 3.39. The van der Waals surface area contributed by atoms with Crippen molar-refractivity contribution in [1.82, 2.24) is 9.88 Å². The molecule has 2 aromatic rings. The molecular formula is C22H26N6OS. The zero-order valence-corrected chi connectivity index (χ0v) is 18.0. The summed E-state index contributed by atoms with van der Waals surface area (Å²) in [4.78, 5) is 20.2. The van der Waals surface area contributed by atoms with Crippen LogP contribution >= 0.6 is 11.8 Å². The number of carbonyl (C=O) groups excluding carboxylic acids is 1. The van der Waals surface area contributed by atoms with Crippen LogP contribution in [0.4, 0.5) is 11.4 Å². The molecule has 1 fully saturated rings. The second-order valence-electron chi connectivity index (χ2n) is 7.18. The van der Waals surface area contributed by atoms with E-state index in [1.807, 2.05) is 30.6 Å². The van der Waals surface area contributed by atoms with Gasteiger partial charge < -0.3 is 20.4 Å². The van der Waals surface area contributed by atoms with Crippen molar-refractivity contribution in [3.63, 3.8) is 0 Å². The molecule has 0 aliphatic carbocycles. The molecule has 7 nitrogen and oxygen atoms in total. The minimum absolute atomic E-state index is 0.139. The van der Waals surface area contributed by atoms with Gasteiger partial charge in [-0.1, -0.05) is 0 Å². The third-order valence-electron chi connectivity index (χ3n) is 4.92. The summed E-state index contributed by atoms with van der Waals surface area (Å²) in [5.74, 6) is -0.333. The minimum Gasteiger partial charge on any atom is -0.370 e. The lowest BCUT2D eigenvalue weighted by molar-refractivity contribution is -0.115. The van der Waals surface area contributed by atoms with Crippen LogP contribution in [0.5, 0.6) is 0 Å². The number of aromatic nitrogens is 1. The number of piperazine rings is 1. The summed E-state index contributed by atoms with van der Waals surface area (Å²) in [5.41, 5.74) is 8.46. The molecule has 0 radical (unpaired) electrons. The number of amides is 1. The van der Waals surface area contributed by atoms with Gasteiger partial charge in [-0.15, -0.1) is 11.8 Å². The second kappa shape index (κ2) is 10.1. The number of benzene rings is 1. The van der Waals surface area contributed by atoms with Gasteiger partial charge in [0.1, 0.15) is 11.4 Å². The number of nitrogens with zero attached hydrogens (tertiary/aromatic N) is 5. The van der Waals surface area contributed by atoms with Gasteiger partial charge in [0.25, 0.3) is 0 Å². The molecule has 1 amide bonds. The summed E-state index contributed by atoms with van der Waals surface area (Å²) in [5, 5.41) is 12.0. The molecule has 1 atom stereocenters. The Morgan fingerprint density at radius 1 is 1.20 bits per heavy atom. The van der Waals surface area contributed by atoms with Crippen molar-refractivity contribution in [3.8, 4) is 6.07 Å². The number of pyridine rings is 1. The van der Waals surface area contributed by atoms with Crippen molar-refractivity contribution in [2.45, 2.75) is 12.3 Å². The van der Waals surface area contributed by atoms with Crippen molar-refractivity contribution in [1.29, 1.82) is 5.26 Å². The second-order valence-corrected chi connectivity index (χ2v) is 8.17. The summed E-state index contributed by atoms with van der Waals surface area (Å²) >= 11 is 1.74. The van der Waals surface area contributed by atoms with E-state index in [2.05, 4.69) is 62.3 Å². The standard InChI is InChI=1S/C20H21N5S.C2H5NO/c1-23-8-10-24(11-9-23)18-2-3-19(17(14-18)15-21)25-12-13-26-20(25)16-4-6-22-7-5-16;1-2(3)4/h2-7,12-14,20H,8-11H2,1H3;1H3,(H2,3,4). The van der Waals surface area contributed by atoms with Gasteiger partial charge in [0.2, 0.25) is 5.91 Å². The lowest BCUT2D eigenvalue weighted by Crippen LogP contribution is -2.44. The first-order chi connectivity index (χ1) is 14.5. The summed E-state index contributed by atoms with van der Waals surface area (Å²) in [6, 6.07) is 12.7. The Morgan fingerprint density at radius 3 is 2.50 bits per heavy atom. The van der Waals surface area contributed by atoms with Crippen LogP contribution in [0.15, 0.2) is 54.3 Å². The molecule has 30 heavy (non-hydrogen) atoms. The number of carbonyl (C=O) groups is 1. The highest BCUT2D eigenvalue weighted by atomic mass is 32.2. The van der Waals surface area contributed by atoms with E-state index >= 15 is 0 Å². The van der Waals surface area contributed by atoms with Crippen molar-refractivity contribution < 1.29 is 4.79 Å². The van der Waals surface area contributed by atoms with E-state index in [0.29, 0.717) is 5.56 Å². The molecule has 1 aromatic heterocycles. The molecule has 2 N–H and O–H groups in total. The number of nitriles is 1. The molecule has 1 aromatic carbocycles. The van der Waals surface area contributed by atoms with E-state index < -0.39 is 0 Å². The molecule has 3 heterocycles. The van der Waals surface area contributed by atoms with Crippen LogP contribution in [0.3, 0.4) is 0 Å². The van der Waals surface area contributed by atoms with Crippen molar-refractivity contribution in [2.75, 3.05) is 43.0 Å². The summed E-state index contributed by atoms with van der Waals surface area (Å²) in [7, 11) is 2.15. The summed E-state index contributed by atoms with van der Waals surface area (Å²) in [6.45, 7) is 5.41. The zero-order valence-electron chi connectivity index (χ0n) is 17.2. The highest BCUT2D eigenvalue weighted by Gasteiger charge is 2.26. The predicted octanol–water partition coefficient (Wildman–Crippen LogP) is 2.92. The molecule has 1 saturated heterocycles. The van der Waals surface area contributed by atoms with Gasteiger partial charge in [0, 0.05) is 57.4 Å². The first kappa shape index (κ1) is 21.7. The lowest BCUT2D eigenvalue weighted by atomic mass is 10.1. The molecule has 2 aliphatic heterocycles. The van der Waals surface area contributed by atoms with Gasteiger partial charge in [0.15, 0.2) is 0 Å². The molecule has 8 heteroatoms. The van der Waals surface area contributed by atoms with E-state index in [0.717, 1.165) is 37.6 Å². The maximum atomic E-state index is 9.76. The SMILES string of the molecule is CC(N)=O.CN1CCN(c2ccc(N3C=CSC3c3ccncc3)c(C#N)c2)CC1. The van der Waals surface area contributed by atoms with Crippen LogP contribution < -0.4 is 15.5 Å². The smallest absolute Gasteiger partial charge is 0.214 e. The van der Waals surface area contributed by atoms with Crippen LogP contribution in [0, 0.1) is 11.3 Å². The quantitative estimate of drug-likeness (QED) is 0.813. The number of hydrogen-bond acceptors (Lipinski definition) is 7. The fourth-order valence-corrected chi connectivity index (χ4v) is 4.37. The van der Waals surface area contributed by atoms with E-state index in [4.69, 9.17) is 0 Å². The maximum absolute atomic E-state index is 9.76. The van der Waals surface area contributed by atoms with E-state index in [-0.39, 0.29) is 11.3 Å². The Bertz CT molecular complexity index is 930. The molecule has 156 valence electrons. The number of rotatable bonds is 3. The number of likely N-dealkylation sites (N-methyl/N-ethyl adjacent to an activating group) is 1. The molecule has 4 rings (SSSR count). The minimum atomic E-state index is -0.333. The number of hydrogen-bond donors (Lipinski definition) is 1. The Balaban J connectivity index is 0.000000589. The zero-order chi connectivity index (χ0) is 21.5. The highest BCUT2D eigenvalue weighted by Crippen LogP contribution is 2.43. The molecule has 0 saturated carbocycles. The third-order valence-corrected chi connectivity index (χ3v) is 5.96. The number of thioether (sulfide) groups is 1. The third kappa shape index (κ3) is 5.32. The average Bonchev–Trinajstić information content (AvgIpc) is 3.24. The largest absolute Gasteiger partial charge is 0.370 e. The average molecular weight is 423 g/mol. The van der Waals surface area contributed by atoms with E-state index in [1.54, 1.807) is 11.8 Å².